The Morgan fingerprint density at radius 2 is 1.74 bits per heavy atom. The van der Waals surface area contributed by atoms with Gasteiger partial charge in [0.05, 0.1) is 12.0 Å². The van der Waals surface area contributed by atoms with Crippen LogP contribution in [0.5, 0.6) is 5.75 Å². The molecule has 0 amide bonds. The molecule has 0 bridgehead atoms. The van der Waals surface area contributed by atoms with Gasteiger partial charge in [-0.15, -0.1) is 0 Å². The lowest BCUT2D eigenvalue weighted by Crippen LogP contribution is -1.88. The van der Waals surface area contributed by atoms with Gasteiger partial charge >= 0.3 is 0 Å². The number of benzene rings is 3. The van der Waals surface area contributed by atoms with Crippen LogP contribution in [0.25, 0.3) is 22.9 Å². The lowest BCUT2D eigenvalue weighted by Gasteiger charge is -2.07. The number of non-ortho nitro benzene ring substituents is 1. The summed E-state index contributed by atoms with van der Waals surface area (Å²) < 4.78 is 5.39. The highest BCUT2D eigenvalue weighted by Gasteiger charge is 2.05. The van der Waals surface area contributed by atoms with E-state index in [4.69, 9.17) is 4.74 Å². The van der Waals surface area contributed by atoms with Crippen molar-refractivity contribution in [2.45, 2.75) is 0 Å². The zero-order valence-electron chi connectivity index (χ0n) is 12.6. The van der Waals surface area contributed by atoms with Gasteiger partial charge in [-0.2, -0.15) is 0 Å². The average molecular weight is 305 g/mol. The number of rotatable bonds is 4. The second-order valence-corrected chi connectivity index (χ2v) is 5.09. The number of nitro benzene ring substituents is 1. The van der Waals surface area contributed by atoms with Crippen LogP contribution in [0.4, 0.5) is 5.69 Å². The van der Waals surface area contributed by atoms with E-state index in [0.717, 1.165) is 27.6 Å². The molecule has 0 atom stereocenters. The number of hydrogen-bond donors (Lipinski definition) is 0. The molecule has 3 aromatic carbocycles. The van der Waals surface area contributed by atoms with Crippen LogP contribution >= 0.6 is 0 Å². The van der Waals surface area contributed by atoms with Crippen molar-refractivity contribution in [1.29, 1.82) is 0 Å². The molecule has 0 aliphatic carbocycles. The van der Waals surface area contributed by atoms with Gasteiger partial charge in [0.15, 0.2) is 0 Å². The maximum atomic E-state index is 10.8. The highest BCUT2D eigenvalue weighted by Crippen LogP contribution is 2.29. The SMILES string of the molecule is COc1ccc(/C=C/c2cccc([N+](=O)[O-])c2)c2ccccc12. The summed E-state index contributed by atoms with van der Waals surface area (Å²) in [4.78, 5) is 10.5. The summed E-state index contributed by atoms with van der Waals surface area (Å²) in [5.74, 6) is 0.827. The molecule has 114 valence electrons. The van der Waals surface area contributed by atoms with E-state index in [1.54, 1.807) is 19.2 Å². The second-order valence-electron chi connectivity index (χ2n) is 5.09. The van der Waals surface area contributed by atoms with Gasteiger partial charge in [0, 0.05) is 17.5 Å². The zero-order valence-corrected chi connectivity index (χ0v) is 12.6. The van der Waals surface area contributed by atoms with E-state index in [-0.39, 0.29) is 10.6 Å². The summed E-state index contributed by atoms with van der Waals surface area (Å²) in [6.07, 6.45) is 3.84. The third-order valence-corrected chi connectivity index (χ3v) is 3.67. The molecule has 0 spiro atoms. The summed E-state index contributed by atoms with van der Waals surface area (Å²) >= 11 is 0. The third-order valence-electron chi connectivity index (χ3n) is 3.67. The van der Waals surface area contributed by atoms with Crippen LogP contribution in [-0.4, -0.2) is 12.0 Å². The van der Waals surface area contributed by atoms with Crippen LogP contribution in [0.3, 0.4) is 0 Å². The standard InChI is InChI=1S/C19H15NO3/c1-23-19-12-11-15(17-7-2-3-8-18(17)19)10-9-14-5-4-6-16(13-14)20(21)22/h2-13H,1H3/b10-9+. The Labute approximate surface area is 133 Å². The Morgan fingerprint density at radius 3 is 2.48 bits per heavy atom. The smallest absolute Gasteiger partial charge is 0.270 e. The van der Waals surface area contributed by atoms with Crippen LogP contribution in [0.2, 0.25) is 0 Å². The fourth-order valence-corrected chi connectivity index (χ4v) is 2.55. The maximum Gasteiger partial charge on any atom is 0.270 e. The van der Waals surface area contributed by atoms with Gasteiger partial charge < -0.3 is 4.74 Å². The van der Waals surface area contributed by atoms with Crippen molar-refractivity contribution < 1.29 is 9.66 Å². The van der Waals surface area contributed by atoms with E-state index >= 15 is 0 Å². The molecule has 0 aromatic heterocycles. The fourth-order valence-electron chi connectivity index (χ4n) is 2.55. The van der Waals surface area contributed by atoms with Crippen LogP contribution in [-0.2, 0) is 0 Å². The minimum atomic E-state index is -0.389. The van der Waals surface area contributed by atoms with Crippen LogP contribution < -0.4 is 4.74 Å². The van der Waals surface area contributed by atoms with Crippen molar-refractivity contribution in [3.8, 4) is 5.75 Å². The van der Waals surface area contributed by atoms with E-state index < -0.39 is 0 Å². The fraction of sp³-hybridized carbons (Fsp3) is 0.0526. The molecular formula is C19H15NO3. The van der Waals surface area contributed by atoms with E-state index in [9.17, 15) is 10.1 Å². The lowest BCUT2D eigenvalue weighted by molar-refractivity contribution is -0.384. The predicted molar refractivity (Wildman–Crippen MR) is 92.5 cm³/mol. The molecule has 0 aliphatic heterocycles. The lowest BCUT2D eigenvalue weighted by atomic mass is 10.0. The second kappa shape index (κ2) is 6.32. The zero-order chi connectivity index (χ0) is 16.2. The van der Waals surface area contributed by atoms with Crippen LogP contribution in [0.15, 0.2) is 60.7 Å². The first-order valence-electron chi connectivity index (χ1n) is 7.17. The van der Waals surface area contributed by atoms with Gasteiger partial charge in [-0.05, 0) is 22.6 Å². The topological polar surface area (TPSA) is 52.4 Å². The predicted octanol–water partition coefficient (Wildman–Crippen LogP) is 4.93. The molecule has 3 rings (SSSR count). The van der Waals surface area contributed by atoms with Gasteiger partial charge in [0.1, 0.15) is 5.75 Å². The molecule has 0 saturated carbocycles. The molecule has 4 nitrogen and oxygen atoms in total. The van der Waals surface area contributed by atoms with Crippen molar-refractivity contribution in [2.24, 2.45) is 0 Å². The molecule has 0 saturated heterocycles. The summed E-state index contributed by atoms with van der Waals surface area (Å²) in [7, 11) is 1.65. The van der Waals surface area contributed by atoms with E-state index in [1.807, 2.05) is 54.6 Å². The highest BCUT2D eigenvalue weighted by molar-refractivity contribution is 5.96. The van der Waals surface area contributed by atoms with Crippen LogP contribution in [0, 0.1) is 10.1 Å². The number of nitro groups is 1. The Hall–Kier alpha value is -3.14. The molecule has 0 radical (unpaired) electrons. The average Bonchev–Trinajstić information content (AvgIpc) is 2.59. The molecule has 0 heterocycles. The first kappa shape index (κ1) is 14.8. The summed E-state index contributed by atoms with van der Waals surface area (Å²) in [6.45, 7) is 0. The molecule has 0 aliphatic rings. The summed E-state index contributed by atoms with van der Waals surface area (Å²) in [6, 6.07) is 18.5. The molecule has 0 N–H and O–H groups in total. The van der Waals surface area contributed by atoms with Crippen LogP contribution in [0.1, 0.15) is 11.1 Å². The Balaban J connectivity index is 2.02. The monoisotopic (exact) mass is 305 g/mol. The van der Waals surface area contributed by atoms with E-state index in [2.05, 4.69) is 0 Å². The molecule has 0 fully saturated rings. The van der Waals surface area contributed by atoms with Gasteiger partial charge in [0.2, 0.25) is 0 Å². The van der Waals surface area contributed by atoms with Gasteiger partial charge in [-0.1, -0.05) is 54.6 Å². The Kier molecular flexibility index (Phi) is 4.06. The quantitative estimate of drug-likeness (QED) is 0.390. The van der Waals surface area contributed by atoms with Crippen molar-refractivity contribution in [1.82, 2.24) is 0 Å². The van der Waals surface area contributed by atoms with Crippen molar-refractivity contribution in [3.63, 3.8) is 0 Å². The van der Waals surface area contributed by atoms with E-state index in [0.29, 0.717) is 0 Å². The number of fused-ring (bicyclic) bond motifs is 1. The largest absolute Gasteiger partial charge is 0.496 e. The number of ether oxygens (including phenoxy) is 1. The van der Waals surface area contributed by atoms with Gasteiger partial charge in [-0.3, -0.25) is 10.1 Å². The maximum absolute atomic E-state index is 10.8. The van der Waals surface area contributed by atoms with E-state index in [1.165, 1.54) is 6.07 Å². The van der Waals surface area contributed by atoms with Crippen molar-refractivity contribution in [2.75, 3.05) is 7.11 Å². The number of nitrogens with zero attached hydrogens (tertiary/aromatic N) is 1. The van der Waals surface area contributed by atoms with Gasteiger partial charge in [-0.25, -0.2) is 0 Å². The first-order valence-corrected chi connectivity index (χ1v) is 7.17. The highest BCUT2D eigenvalue weighted by atomic mass is 16.6. The van der Waals surface area contributed by atoms with Crippen molar-refractivity contribution in [3.05, 3.63) is 81.9 Å². The molecule has 3 aromatic rings. The normalized spacial score (nSPS) is 11.0. The summed E-state index contributed by atoms with van der Waals surface area (Å²) in [5.41, 5.74) is 1.92. The molecule has 23 heavy (non-hydrogen) atoms. The third kappa shape index (κ3) is 3.06. The minimum absolute atomic E-state index is 0.0896. The molecule has 4 heteroatoms. The van der Waals surface area contributed by atoms with Gasteiger partial charge in [0.25, 0.3) is 5.69 Å². The Bertz CT molecular complexity index is 900. The summed E-state index contributed by atoms with van der Waals surface area (Å²) in [5, 5.41) is 13.0. The number of hydrogen-bond acceptors (Lipinski definition) is 3. The first-order chi connectivity index (χ1) is 11.2. The molecule has 0 unspecified atom stereocenters. The van der Waals surface area contributed by atoms with Crippen molar-refractivity contribution >= 4 is 28.6 Å². The Morgan fingerprint density at radius 1 is 0.957 bits per heavy atom. The molecular weight excluding hydrogens is 290 g/mol. The minimum Gasteiger partial charge on any atom is -0.496 e. The number of methoxy groups -OCH3 is 1.